The summed E-state index contributed by atoms with van der Waals surface area (Å²) >= 11 is 0. The lowest BCUT2D eigenvalue weighted by molar-refractivity contribution is 0.102. The first-order valence-electron chi connectivity index (χ1n) is 8.37. The Balaban J connectivity index is 0.00000196. The van der Waals surface area contributed by atoms with Crippen LogP contribution in [-0.2, 0) is 0 Å². The lowest BCUT2D eigenvalue weighted by Gasteiger charge is -2.22. The number of rotatable bonds is 4. The normalized spacial score (nSPS) is 16.7. The number of piperidine rings is 1. The number of hydrogen-bond acceptors (Lipinski definition) is 5. The smallest absolute Gasteiger partial charge is 0.276 e. The van der Waals surface area contributed by atoms with E-state index in [1.165, 1.54) is 6.26 Å². The van der Waals surface area contributed by atoms with Gasteiger partial charge in [-0.1, -0.05) is 0 Å². The molecule has 0 radical (unpaired) electrons. The van der Waals surface area contributed by atoms with Crippen LogP contribution in [0.15, 0.2) is 53.4 Å². The second-order valence-electron chi connectivity index (χ2n) is 6.05. The molecule has 1 saturated heterocycles. The molecule has 3 aromatic rings. The molecule has 1 fully saturated rings. The van der Waals surface area contributed by atoms with Crippen LogP contribution in [-0.4, -0.2) is 33.8 Å². The second kappa shape index (κ2) is 8.16. The number of amides is 1. The Labute approximate surface area is 157 Å². The van der Waals surface area contributed by atoms with Crippen LogP contribution in [0.3, 0.4) is 0 Å². The highest BCUT2D eigenvalue weighted by atomic mass is 35.5. The maximum Gasteiger partial charge on any atom is 0.276 e. The Morgan fingerprint density at radius 1 is 1.27 bits per heavy atom. The third-order valence-corrected chi connectivity index (χ3v) is 4.31. The number of nitrogens with zero attached hydrogens (tertiary/aromatic N) is 3. The van der Waals surface area contributed by atoms with Gasteiger partial charge in [0, 0.05) is 24.0 Å². The number of nitrogens with one attached hydrogen (secondary N) is 2. The molecule has 1 atom stereocenters. The van der Waals surface area contributed by atoms with E-state index in [0.29, 0.717) is 23.3 Å². The van der Waals surface area contributed by atoms with Crippen LogP contribution in [0.1, 0.15) is 29.4 Å². The Kier molecular flexibility index (Phi) is 5.70. The number of anilines is 1. The summed E-state index contributed by atoms with van der Waals surface area (Å²) in [5.41, 5.74) is 1.98. The molecule has 4 rings (SSSR count). The van der Waals surface area contributed by atoms with Gasteiger partial charge in [-0.2, -0.15) is 5.10 Å². The van der Waals surface area contributed by atoms with Crippen LogP contribution >= 0.6 is 12.4 Å². The van der Waals surface area contributed by atoms with E-state index in [1.807, 2.05) is 35.1 Å². The van der Waals surface area contributed by atoms with E-state index < -0.39 is 0 Å². The first-order chi connectivity index (χ1) is 12.3. The van der Waals surface area contributed by atoms with Crippen molar-refractivity contribution in [1.29, 1.82) is 0 Å². The molecule has 0 bridgehead atoms. The molecular weight excluding hydrogens is 354 g/mol. The average Bonchev–Trinajstić information content (AvgIpc) is 3.35. The van der Waals surface area contributed by atoms with E-state index >= 15 is 0 Å². The molecule has 0 aliphatic carbocycles. The van der Waals surface area contributed by atoms with Crippen molar-refractivity contribution >= 4 is 24.0 Å². The van der Waals surface area contributed by atoms with Gasteiger partial charge in [-0.05, 0) is 49.7 Å². The predicted molar refractivity (Wildman–Crippen MR) is 101 cm³/mol. The quantitative estimate of drug-likeness (QED) is 0.733. The van der Waals surface area contributed by atoms with Gasteiger partial charge >= 0.3 is 0 Å². The summed E-state index contributed by atoms with van der Waals surface area (Å²) in [7, 11) is 0. The van der Waals surface area contributed by atoms with E-state index in [-0.39, 0.29) is 18.3 Å². The number of oxazole rings is 1. The fourth-order valence-corrected chi connectivity index (χ4v) is 2.98. The largest absolute Gasteiger partial charge is 0.445 e. The standard InChI is InChI=1S/C18H19N5O2.ClH/c24-17(16-7-10-23(22-16)15-2-1-8-19-12-15)21-14-5-3-13(4-6-14)18-20-9-11-25-18;/h3-7,9-11,15,19H,1-2,8,12H2,(H,21,24);1H. The monoisotopic (exact) mass is 373 g/mol. The Hall–Kier alpha value is -2.64. The Bertz CT molecular complexity index is 839. The van der Waals surface area contributed by atoms with Crippen LogP contribution in [0.25, 0.3) is 11.5 Å². The van der Waals surface area contributed by atoms with Crippen molar-refractivity contribution in [3.8, 4) is 11.5 Å². The summed E-state index contributed by atoms with van der Waals surface area (Å²) in [5.74, 6) is 0.337. The third-order valence-electron chi connectivity index (χ3n) is 4.31. The van der Waals surface area contributed by atoms with E-state index in [2.05, 4.69) is 20.7 Å². The summed E-state index contributed by atoms with van der Waals surface area (Å²) in [5, 5.41) is 10.6. The van der Waals surface area contributed by atoms with Crippen molar-refractivity contribution in [2.75, 3.05) is 18.4 Å². The summed E-state index contributed by atoms with van der Waals surface area (Å²) in [6, 6.07) is 9.42. The predicted octanol–water partition coefficient (Wildman–Crippen LogP) is 3.14. The first-order valence-corrected chi connectivity index (χ1v) is 8.37. The number of halogens is 1. The van der Waals surface area contributed by atoms with Crippen LogP contribution < -0.4 is 10.6 Å². The summed E-state index contributed by atoms with van der Waals surface area (Å²) < 4.78 is 7.14. The van der Waals surface area contributed by atoms with Gasteiger partial charge in [-0.25, -0.2) is 4.98 Å². The van der Waals surface area contributed by atoms with E-state index in [4.69, 9.17) is 4.42 Å². The van der Waals surface area contributed by atoms with E-state index in [9.17, 15) is 4.79 Å². The topological polar surface area (TPSA) is 85.0 Å². The zero-order valence-corrected chi connectivity index (χ0v) is 14.9. The second-order valence-corrected chi connectivity index (χ2v) is 6.05. The van der Waals surface area contributed by atoms with E-state index in [1.54, 1.807) is 12.3 Å². The molecule has 1 aromatic carbocycles. The van der Waals surface area contributed by atoms with Crippen molar-refractivity contribution in [3.05, 3.63) is 54.7 Å². The molecule has 1 unspecified atom stereocenters. The molecule has 0 saturated carbocycles. The van der Waals surface area contributed by atoms with E-state index in [0.717, 1.165) is 31.5 Å². The molecule has 1 amide bonds. The number of hydrogen-bond donors (Lipinski definition) is 2. The molecule has 136 valence electrons. The molecule has 1 aliphatic heterocycles. The highest BCUT2D eigenvalue weighted by Crippen LogP contribution is 2.20. The Morgan fingerprint density at radius 2 is 2.12 bits per heavy atom. The number of carbonyl (C=O) groups is 1. The minimum atomic E-state index is -0.216. The molecular formula is C18H20ClN5O2. The highest BCUT2D eigenvalue weighted by molar-refractivity contribution is 6.02. The Morgan fingerprint density at radius 3 is 2.81 bits per heavy atom. The third kappa shape index (κ3) is 3.95. The van der Waals surface area contributed by atoms with Crippen molar-refractivity contribution in [2.45, 2.75) is 18.9 Å². The lowest BCUT2D eigenvalue weighted by Crippen LogP contribution is -2.32. The molecule has 2 aromatic heterocycles. The van der Waals surface area contributed by atoms with Crippen molar-refractivity contribution in [1.82, 2.24) is 20.1 Å². The van der Waals surface area contributed by atoms with Gasteiger partial charge in [-0.3, -0.25) is 9.48 Å². The van der Waals surface area contributed by atoms with Crippen LogP contribution in [0, 0.1) is 0 Å². The molecule has 2 N–H and O–H groups in total. The first kappa shape index (κ1) is 18.2. The van der Waals surface area contributed by atoms with Crippen LogP contribution in [0.2, 0.25) is 0 Å². The van der Waals surface area contributed by atoms with Gasteiger partial charge < -0.3 is 15.1 Å². The fraction of sp³-hybridized carbons (Fsp3) is 0.278. The lowest BCUT2D eigenvalue weighted by atomic mass is 10.1. The van der Waals surface area contributed by atoms with Gasteiger partial charge in [0.2, 0.25) is 5.89 Å². The summed E-state index contributed by atoms with van der Waals surface area (Å²) in [4.78, 5) is 16.5. The summed E-state index contributed by atoms with van der Waals surface area (Å²) in [6.45, 7) is 1.94. The van der Waals surface area contributed by atoms with Gasteiger partial charge in [0.05, 0.1) is 12.2 Å². The zero-order valence-electron chi connectivity index (χ0n) is 14.1. The minimum absolute atomic E-state index is 0. The number of benzene rings is 1. The van der Waals surface area contributed by atoms with Gasteiger partial charge in [0.15, 0.2) is 5.69 Å². The molecule has 8 heteroatoms. The minimum Gasteiger partial charge on any atom is -0.445 e. The number of carbonyl (C=O) groups excluding carboxylic acids is 1. The molecule has 3 heterocycles. The van der Waals surface area contributed by atoms with Crippen LogP contribution in [0.5, 0.6) is 0 Å². The molecule has 0 spiro atoms. The van der Waals surface area contributed by atoms with Gasteiger partial charge in [0.25, 0.3) is 5.91 Å². The maximum absolute atomic E-state index is 12.4. The zero-order chi connectivity index (χ0) is 17.1. The molecule has 26 heavy (non-hydrogen) atoms. The molecule has 7 nitrogen and oxygen atoms in total. The van der Waals surface area contributed by atoms with Crippen molar-refractivity contribution in [3.63, 3.8) is 0 Å². The van der Waals surface area contributed by atoms with Crippen molar-refractivity contribution in [2.24, 2.45) is 0 Å². The van der Waals surface area contributed by atoms with Crippen molar-refractivity contribution < 1.29 is 9.21 Å². The molecule has 1 aliphatic rings. The van der Waals surface area contributed by atoms with Gasteiger partial charge in [-0.15, -0.1) is 12.4 Å². The average molecular weight is 374 g/mol. The number of aromatic nitrogens is 3. The SMILES string of the molecule is Cl.O=C(Nc1ccc(-c2ncco2)cc1)c1ccn(C2CCCNC2)n1. The summed E-state index contributed by atoms with van der Waals surface area (Å²) in [6.07, 6.45) is 7.21. The highest BCUT2D eigenvalue weighted by Gasteiger charge is 2.17. The van der Waals surface area contributed by atoms with Crippen LogP contribution in [0.4, 0.5) is 5.69 Å². The fourth-order valence-electron chi connectivity index (χ4n) is 2.98. The maximum atomic E-state index is 12.4. The van der Waals surface area contributed by atoms with Gasteiger partial charge in [0.1, 0.15) is 6.26 Å².